The molecule has 4 rings (SSSR count). The highest BCUT2D eigenvalue weighted by Crippen LogP contribution is 2.26. The van der Waals surface area contributed by atoms with Crippen molar-refractivity contribution in [3.05, 3.63) is 59.9 Å². The Hall–Kier alpha value is -3.08. The van der Waals surface area contributed by atoms with E-state index in [4.69, 9.17) is 14.7 Å². The molecule has 10 heteroatoms. The van der Waals surface area contributed by atoms with Crippen LogP contribution in [0.3, 0.4) is 0 Å². The van der Waals surface area contributed by atoms with Crippen LogP contribution in [0.15, 0.2) is 53.4 Å². The van der Waals surface area contributed by atoms with Gasteiger partial charge in [0.1, 0.15) is 17.7 Å². The maximum absolute atomic E-state index is 13.3. The summed E-state index contributed by atoms with van der Waals surface area (Å²) < 4.78 is 33.1. The van der Waals surface area contributed by atoms with Gasteiger partial charge in [-0.05, 0) is 41.2 Å². The second-order valence-corrected chi connectivity index (χ2v) is 13.3. The number of sulfonamides is 1. The molecule has 9 nitrogen and oxygen atoms in total. The number of carbonyl (C=O) groups excluding carboxylic acids is 1. The van der Waals surface area contributed by atoms with Gasteiger partial charge in [-0.3, -0.25) is 4.90 Å². The molecular weight excluding hydrogens is 514 g/mol. The zero-order valence-electron chi connectivity index (χ0n) is 23.6. The SMILES string of the molecule is COC(=O)[C@@H](Nc1nc(CN2CCN(S(=O)(=O)c3ccc(C(C)(C)C)cc3)CC2)nc2ccccc12)C(C)C. The monoisotopic (exact) mass is 553 g/mol. The van der Waals surface area contributed by atoms with E-state index in [0.717, 1.165) is 16.5 Å². The Morgan fingerprint density at radius 3 is 2.23 bits per heavy atom. The van der Waals surface area contributed by atoms with Crippen molar-refractivity contribution in [3.63, 3.8) is 0 Å². The first-order chi connectivity index (χ1) is 18.4. The highest BCUT2D eigenvalue weighted by Gasteiger charge is 2.30. The normalized spacial score (nSPS) is 16.4. The molecule has 2 aromatic carbocycles. The minimum Gasteiger partial charge on any atom is -0.467 e. The van der Waals surface area contributed by atoms with Crippen LogP contribution in [0.5, 0.6) is 0 Å². The molecule has 1 aliphatic heterocycles. The predicted octanol–water partition coefficient (Wildman–Crippen LogP) is 4.04. The number of piperazine rings is 1. The van der Waals surface area contributed by atoms with Crippen molar-refractivity contribution in [2.75, 3.05) is 38.6 Å². The van der Waals surface area contributed by atoms with Gasteiger partial charge in [-0.1, -0.05) is 58.9 Å². The lowest BCUT2D eigenvalue weighted by Crippen LogP contribution is -2.48. The Balaban J connectivity index is 1.48. The van der Waals surface area contributed by atoms with E-state index in [0.29, 0.717) is 49.3 Å². The number of aromatic nitrogens is 2. The van der Waals surface area contributed by atoms with Gasteiger partial charge in [-0.25, -0.2) is 23.2 Å². The molecule has 1 atom stereocenters. The number of fused-ring (bicyclic) bond motifs is 1. The Kier molecular flexibility index (Phi) is 8.58. The van der Waals surface area contributed by atoms with Crippen molar-refractivity contribution in [1.82, 2.24) is 19.2 Å². The summed E-state index contributed by atoms with van der Waals surface area (Å²) in [4.78, 5) is 24.4. The molecule has 0 spiro atoms. The van der Waals surface area contributed by atoms with Crippen LogP contribution in [0.4, 0.5) is 5.82 Å². The number of methoxy groups -OCH3 is 1. The van der Waals surface area contributed by atoms with Gasteiger partial charge in [-0.15, -0.1) is 0 Å². The molecule has 1 saturated heterocycles. The van der Waals surface area contributed by atoms with Gasteiger partial charge in [0.2, 0.25) is 10.0 Å². The first-order valence-corrected chi connectivity index (χ1v) is 14.8. The third-order valence-corrected chi connectivity index (χ3v) is 9.03. The second-order valence-electron chi connectivity index (χ2n) is 11.3. The summed E-state index contributed by atoms with van der Waals surface area (Å²) in [7, 11) is -2.19. The quantitative estimate of drug-likeness (QED) is 0.417. The first kappa shape index (κ1) is 28.9. The van der Waals surface area contributed by atoms with E-state index in [2.05, 4.69) is 31.0 Å². The van der Waals surface area contributed by atoms with E-state index < -0.39 is 16.1 Å². The van der Waals surface area contributed by atoms with Crippen LogP contribution in [0, 0.1) is 5.92 Å². The summed E-state index contributed by atoms with van der Waals surface area (Å²) in [5, 5.41) is 4.10. The van der Waals surface area contributed by atoms with Gasteiger partial charge in [0, 0.05) is 31.6 Å². The zero-order valence-corrected chi connectivity index (χ0v) is 24.5. The molecule has 0 bridgehead atoms. The molecule has 0 saturated carbocycles. The van der Waals surface area contributed by atoms with Crippen molar-refractivity contribution in [3.8, 4) is 0 Å². The number of hydrogen-bond acceptors (Lipinski definition) is 8. The van der Waals surface area contributed by atoms with E-state index in [-0.39, 0.29) is 17.3 Å². The summed E-state index contributed by atoms with van der Waals surface area (Å²) in [6, 6.07) is 14.3. The fourth-order valence-electron chi connectivity index (χ4n) is 4.68. The van der Waals surface area contributed by atoms with Crippen LogP contribution >= 0.6 is 0 Å². The van der Waals surface area contributed by atoms with Gasteiger partial charge in [0.25, 0.3) is 0 Å². The number of benzene rings is 2. The number of carbonyl (C=O) groups is 1. The van der Waals surface area contributed by atoms with Crippen molar-refractivity contribution >= 4 is 32.7 Å². The van der Waals surface area contributed by atoms with E-state index in [1.54, 1.807) is 16.4 Å². The smallest absolute Gasteiger partial charge is 0.328 e. The van der Waals surface area contributed by atoms with Crippen molar-refractivity contribution in [2.45, 2.75) is 57.5 Å². The lowest BCUT2D eigenvalue weighted by atomic mass is 9.87. The number of para-hydroxylation sites is 1. The molecule has 0 aliphatic carbocycles. The van der Waals surface area contributed by atoms with Gasteiger partial charge < -0.3 is 10.1 Å². The number of nitrogens with zero attached hydrogens (tertiary/aromatic N) is 4. The molecule has 1 fully saturated rings. The average Bonchev–Trinajstić information content (AvgIpc) is 2.91. The molecule has 39 heavy (non-hydrogen) atoms. The van der Waals surface area contributed by atoms with Crippen LogP contribution in [0.1, 0.15) is 46.0 Å². The summed E-state index contributed by atoms with van der Waals surface area (Å²) in [5.41, 5.74) is 1.84. The number of hydrogen-bond donors (Lipinski definition) is 1. The standard InChI is InChI=1S/C29H39N5O4S/c1-20(2)26(28(35)38-6)32-27-23-9-7-8-10-24(23)30-25(31-27)19-33-15-17-34(18-16-33)39(36,37)22-13-11-21(12-14-22)29(3,4)5/h7-14,20,26H,15-19H2,1-6H3,(H,30,31,32)/t26-/m0/s1. The van der Waals surface area contributed by atoms with Crippen LogP contribution in [0.25, 0.3) is 10.9 Å². The number of nitrogens with one attached hydrogen (secondary N) is 1. The minimum atomic E-state index is -3.57. The Bertz CT molecular complexity index is 1410. The lowest BCUT2D eigenvalue weighted by Gasteiger charge is -2.33. The number of anilines is 1. The van der Waals surface area contributed by atoms with E-state index in [1.165, 1.54) is 7.11 Å². The Morgan fingerprint density at radius 2 is 1.64 bits per heavy atom. The molecule has 0 amide bonds. The fraction of sp³-hybridized carbons (Fsp3) is 0.483. The third-order valence-electron chi connectivity index (χ3n) is 7.12. The van der Waals surface area contributed by atoms with E-state index in [1.807, 2.05) is 50.2 Å². The minimum absolute atomic E-state index is 0.00526. The topological polar surface area (TPSA) is 105 Å². The summed E-state index contributed by atoms with van der Waals surface area (Å²) in [6.45, 7) is 12.6. The van der Waals surface area contributed by atoms with Gasteiger partial charge in [0.05, 0.1) is 24.1 Å². The van der Waals surface area contributed by atoms with Crippen LogP contribution in [0.2, 0.25) is 0 Å². The van der Waals surface area contributed by atoms with Gasteiger partial charge in [-0.2, -0.15) is 4.31 Å². The molecule has 1 N–H and O–H groups in total. The largest absolute Gasteiger partial charge is 0.467 e. The Labute approximate surface area is 231 Å². The summed E-state index contributed by atoms with van der Waals surface area (Å²) in [6.07, 6.45) is 0. The average molecular weight is 554 g/mol. The van der Waals surface area contributed by atoms with Gasteiger partial charge in [0.15, 0.2) is 0 Å². The van der Waals surface area contributed by atoms with Gasteiger partial charge >= 0.3 is 5.97 Å². The van der Waals surface area contributed by atoms with Crippen molar-refractivity contribution in [1.29, 1.82) is 0 Å². The summed E-state index contributed by atoms with van der Waals surface area (Å²) in [5.74, 6) is 0.839. The molecule has 3 aromatic rings. The van der Waals surface area contributed by atoms with E-state index in [9.17, 15) is 13.2 Å². The number of ether oxygens (including phenoxy) is 1. The second kappa shape index (κ2) is 11.6. The van der Waals surface area contributed by atoms with Crippen molar-refractivity contribution in [2.24, 2.45) is 5.92 Å². The predicted molar refractivity (Wildman–Crippen MR) is 153 cm³/mol. The highest BCUT2D eigenvalue weighted by atomic mass is 32.2. The lowest BCUT2D eigenvalue weighted by molar-refractivity contribution is -0.142. The zero-order chi connectivity index (χ0) is 28.4. The molecule has 1 aliphatic rings. The maximum atomic E-state index is 13.3. The van der Waals surface area contributed by atoms with E-state index >= 15 is 0 Å². The number of esters is 1. The number of rotatable bonds is 8. The highest BCUT2D eigenvalue weighted by molar-refractivity contribution is 7.89. The Morgan fingerprint density at radius 1 is 1.00 bits per heavy atom. The molecular formula is C29H39N5O4S. The first-order valence-electron chi connectivity index (χ1n) is 13.3. The summed E-state index contributed by atoms with van der Waals surface area (Å²) >= 11 is 0. The maximum Gasteiger partial charge on any atom is 0.328 e. The van der Waals surface area contributed by atoms with Crippen LogP contribution in [-0.4, -0.2) is 72.9 Å². The third kappa shape index (κ3) is 6.57. The van der Waals surface area contributed by atoms with Crippen LogP contribution in [-0.2, 0) is 31.5 Å². The molecule has 0 radical (unpaired) electrons. The van der Waals surface area contributed by atoms with Crippen LogP contribution < -0.4 is 5.32 Å². The molecule has 210 valence electrons. The fourth-order valence-corrected chi connectivity index (χ4v) is 6.10. The molecule has 1 aromatic heterocycles. The molecule has 2 heterocycles. The molecule has 0 unspecified atom stereocenters. The van der Waals surface area contributed by atoms with Crippen molar-refractivity contribution < 1.29 is 17.9 Å².